The quantitative estimate of drug-likeness (QED) is 0.612. The van der Waals surface area contributed by atoms with Gasteiger partial charge < -0.3 is 0 Å². The molecule has 8 heteroatoms. The van der Waals surface area contributed by atoms with E-state index in [1.807, 2.05) is 0 Å². The highest BCUT2D eigenvalue weighted by molar-refractivity contribution is 8.14. The number of hydrogen-bond donors (Lipinski definition) is 0. The highest BCUT2D eigenvalue weighted by Crippen LogP contribution is 2.20. The smallest absolute Gasteiger partial charge is 0.224 e. The summed E-state index contributed by atoms with van der Waals surface area (Å²) in [5.41, 5.74) is 0. The SMILES string of the molecule is CS(=O)(=O)c1ccc(SCCS(=O)(=O)Cl)cc1. The van der Waals surface area contributed by atoms with Crippen LogP contribution in [0.5, 0.6) is 0 Å². The molecule has 0 N–H and O–H groups in total. The largest absolute Gasteiger partial charge is 0.233 e. The van der Waals surface area contributed by atoms with E-state index in [1.165, 1.54) is 23.9 Å². The van der Waals surface area contributed by atoms with Crippen LogP contribution in [0.2, 0.25) is 0 Å². The molecule has 0 aliphatic rings. The van der Waals surface area contributed by atoms with E-state index in [9.17, 15) is 16.8 Å². The zero-order valence-electron chi connectivity index (χ0n) is 8.96. The predicted molar refractivity (Wildman–Crippen MR) is 69.9 cm³/mol. The number of rotatable bonds is 5. The lowest BCUT2D eigenvalue weighted by molar-refractivity contribution is 0.601. The minimum Gasteiger partial charge on any atom is -0.224 e. The van der Waals surface area contributed by atoms with E-state index in [4.69, 9.17) is 10.7 Å². The molecule has 0 aromatic heterocycles. The summed E-state index contributed by atoms with van der Waals surface area (Å²) in [6.45, 7) is 0. The molecule has 0 aliphatic carbocycles. The van der Waals surface area contributed by atoms with E-state index in [1.54, 1.807) is 12.1 Å². The van der Waals surface area contributed by atoms with Crippen molar-refractivity contribution in [1.82, 2.24) is 0 Å². The molecular formula is C9H11ClO4S3. The minimum atomic E-state index is -3.47. The Kier molecular flexibility index (Phi) is 4.88. The van der Waals surface area contributed by atoms with E-state index < -0.39 is 18.9 Å². The van der Waals surface area contributed by atoms with Crippen LogP contribution in [-0.4, -0.2) is 34.6 Å². The first-order valence-electron chi connectivity index (χ1n) is 4.54. The maximum absolute atomic E-state index is 11.2. The van der Waals surface area contributed by atoms with Crippen LogP contribution in [0.4, 0.5) is 0 Å². The van der Waals surface area contributed by atoms with Crippen molar-refractivity contribution in [3.63, 3.8) is 0 Å². The van der Waals surface area contributed by atoms with Crippen molar-refractivity contribution < 1.29 is 16.8 Å². The highest BCUT2D eigenvalue weighted by Gasteiger charge is 2.08. The third kappa shape index (κ3) is 5.76. The average Bonchev–Trinajstić information content (AvgIpc) is 2.15. The number of sulfone groups is 1. The molecule has 0 saturated carbocycles. The maximum atomic E-state index is 11.2. The summed E-state index contributed by atoms with van der Waals surface area (Å²) in [5.74, 6) is 0.219. The average molecular weight is 315 g/mol. The fourth-order valence-corrected chi connectivity index (χ4v) is 3.93. The maximum Gasteiger partial charge on any atom is 0.233 e. The Balaban J connectivity index is 2.64. The molecule has 0 amide bonds. The van der Waals surface area contributed by atoms with Gasteiger partial charge in [0.15, 0.2) is 9.84 Å². The standard InChI is InChI=1S/C9H11ClO4S3/c1-16(11,12)9-4-2-8(3-5-9)15-6-7-17(10,13)14/h2-5H,6-7H2,1H3. The zero-order valence-corrected chi connectivity index (χ0v) is 12.2. The van der Waals surface area contributed by atoms with Crippen LogP contribution >= 0.6 is 22.4 Å². The van der Waals surface area contributed by atoms with Crippen LogP contribution in [-0.2, 0) is 18.9 Å². The molecule has 17 heavy (non-hydrogen) atoms. The molecule has 1 rings (SSSR count). The Morgan fingerprint density at radius 2 is 1.65 bits per heavy atom. The van der Waals surface area contributed by atoms with Crippen LogP contribution in [0.25, 0.3) is 0 Å². The molecule has 0 aliphatic heterocycles. The second-order valence-electron chi connectivity index (χ2n) is 3.33. The van der Waals surface area contributed by atoms with Gasteiger partial charge >= 0.3 is 0 Å². The monoisotopic (exact) mass is 314 g/mol. The summed E-state index contributed by atoms with van der Waals surface area (Å²) in [6, 6.07) is 6.27. The molecule has 1 aromatic carbocycles. The lowest BCUT2D eigenvalue weighted by atomic mass is 10.4. The van der Waals surface area contributed by atoms with Crippen LogP contribution in [0, 0.1) is 0 Å². The fraction of sp³-hybridized carbons (Fsp3) is 0.333. The van der Waals surface area contributed by atoms with Crippen LogP contribution in [0.15, 0.2) is 34.1 Å². The summed E-state index contributed by atoms with van der Waals surface area (Å²) in [4.78, 5) is 1.05. The molecule has 1 aromatic rings. The molecule has 0 saturated heterocycles. The molecule has 4 nitrogen and oxygen atoms in total. The summed E-state index contributed by atoms with van der Waals surface area (Å²) in [7, 11) is -1.60. The number of halogens is 1. The molecular weight excluding hydrogens is 304 g/mol. The second-order valence-corrected chi connectivity index (χ2v) is 9.42. The molecule has 0 fully saturated rings. The van der Waals surface area contributed by atoms with Gasteiger partial charge in [0.25, 0.3) is 0 Å². The third-order valence-corrected chi connectivity index (χ3v) is 5.40. The van der Waals surface area contributed by atoms with Gasteiger partial charge in [-0.15, -0.1) is 11.8 Å². The first-order valence-corrected chi connectivity index (χ1v) is 9.89. The van der Waals surface area contributed by atoms with Gasteiger partial charge in [0.1, 0.15) is 0 Å². The third-order valence-electron chi connectivity index (χ3n) is 1.85. The van der Waals surface area contributed by atoms with Gasteiger partial charge in [-0.05, 0) is 24.3 Å². The van der Waals surface area contributed by atoms with Crippen molar-refractivity contribution in [3.05, 3.63) is 24.3 Å². The van der Waals surface area contributed by atoms with E-state index in [-0.39, 0.29) is 10.6 Å². The molecule has 0 atom stereocenters. The van der Waals surface area contributed by atoms with Gasteiger partial charge in [0.05, 0.1) is 10.6 Å². The Morgan fingerprint density at radius 3 is 2.06 bits per heavy atom. The number of hydrogen-bond acceptors (Lipinski definition) is 5. The van der Waals surface area contributed by atoms with E-state index >= 15 is 0 Å². The van der Waals surface area contributed by atoms with Crippen molar-refractivity contribution in [2.75, 3.05) is 17.8 Å². The first-order chi connectivity index (χ1) is 7.68. The lowest BCUT2D eigenvalue weighted by Gasteiger charge is -2.02. The summed E-state index contributed by atoms with van der Waals surface area (Å²) in [5, 5.41) is 0. The first kappa shape index (κ1) is 14.8. The number of thioether (sulfide) groups is 1. The van der Waals surface area contributed by atoms with Crippen molar-refractivity contribution >= 4 is 41.3 Å². The van der Waals surface area contributed by atoms with Crippen LogP contribution in [0.3, 0.4) is 0 Å². The molecule has 0 unspecified atom stereocenters. The van der Waals surface area contributed by atoms with E-state index in [2.05, 4.69) is 0 Å². The topological polar surface area (TPSA) is 68.3 Å². The van der Waals surface area contributed by atoms with Gasteiger partial charge in [-0.2, -0.15) is 0 Å². The lowest BCUT2D eigenvalue weighted by Crippen LogP contribution is -1.99. The van der Waals surface area contributed by atoms with E-state index in [0.717, 1.165) is 11.2 Å². The minimum absolute atomic E-state index is 0.118. The Hall–Kier alpha value is -0.240. The number of benzene rings is 1. The molecule has 0 spiro atoms. The molecule has 96 valence electrons. The molecule has 0 radical (unpaired) electrons. The summed E-state index contributed by atoms with van der Waals surface area (Å²) >= 11 is 1.31. The highest BCUT2D eigenvalue weighted by atomic mass is 35.7. The van der Waals surface area contributed by atoms with Crippen molar-refractivity contribution in [3.8, 4) is 0 Å². The van der Waals surface area contributed by atoms with Crippen LogP contribution in [0.1, 0.15) is 0 Å². The Bertz CT molecular complexity index is 575. The Labute approximate surface area is 110 Å². The Morgan fingerprint density at radius 1 is 1.12 bits per heavy atom. The molecule has 0 bridgehead atoms. The van der Waals surface area contributed by atoms with Crippen molar-refractivity contribution in [1.29, 1.82) is 0 Å². The van der Waals surface area contributed by atoms with Crippen molar-refractivity contribution in [2.24, 2.45) is 0 Å². The van der Waals surface area contributed by atoms with Gasteiger partial charge in [-0.1, -0.05) is 0 Å². The van der Waals surface area contributed by atoms with Crippen LogP contribution < -0.4 is 0 Å². The van der Waals surface area contributed by atoms with Gasteiger partial charge in [-0.3, -0.25) is 0 Å². The summed E-state index contributed by atoms with van der Waals surface area (Å²) < 4.78 is 43.7. The van der Waals surface area contributed by atoms with E-state index in [0.29, 0.717) is 5.75 Å². The normalized spacial score (nSPS) is 12.6. The molecule has 0 heterocycles. The van der Waals surface area contributed by atoms with Crippen molar-refractivity contribution in [2.45, 2.75) is 9.79 Å². The van der Waals surface area contributed by atoms with Gasteiger partial charge in [-0.25, -0.2) is 16.8 Å². The fourth-order valence-electron chi connectivity index (χ4n) is 1.04. The van der Waals surface area contributed by atoms with Gasteiger partial charge in [0, 0.05) is 27.6 Å². The predicted octanol–water partition coefficient (Wildman–Crippen LogP) is 1.75. The summed E-state index contributed by atoms with van der Waals surface area (Å²) in [6.07, 6.45) is 1.13. The zero-order chi connectivity index (χ0) is 13.1. The second kappa shape index (κ2) is 5.60. The van der Waals surface area contributed by atoms with Gasteiger partial charge in [0.2, 0.25) is 9.05 Å².